The van der Waals surface area contributed by atoms with Gasteiger partial charge in [0.25, 0.3) is 5.56 Å². The molecule has 0 saturated carbocycles. The first kappa shape index (κ1) is 18.1. The van der Waals surface area contributed by atoms with Crippen molar-refractivity contribution in [2.45, 2.75) is 13.0 Å². The molecule has 7 heteroatoms. The lowest BCUT2D eigenvalue weighted by Crippen LogP contribution is -2.24. The molecule has 0 aliphatic carbocycles. The molecule has 0 bridgehead atoms. The molecule has 0 saturated heterocycles. The van der Waals surface area contributed by atoms with Crippen molar-refractivity contribution in [3.8, 4) is 16.9 Å². The number of hydrogen-bond donors (Lipinski definition) is 0. The number of aromatic nitrogens is 5. The highest BCUT2D eigenvalue weighted by Gasteiger charge is 2.14. The minimum Gasteiger partial charge on any atom is -0.494 e. The molecule has 0 N–H and O–H groups in total. The van der Waals surface area contributed by atoms with E-state index in [0.29, 0.717) is 24.1 Å². The normalized spacial score (nSPS) is 11.2. The molecule has 0 spiro atoms. The van der Waals surface area contributed by atoms with Gasteiger partial charge in [-0.3, -0.25) is 9.78 Å². The highest BCUT2D eigenvalue weighted by atomic mass is 16.5. The second kappa shape index (κ2) is 7.44. The maximum atomic E-state index is 13.3. The van der Waals surface area contributed by atoms with Crippen molar-refractivity contribution >= 4 is 16.4 Å². The Bertz CT molecular complexity index is 1390. The van der Waals surface area contributed by atoms with Crippen LogP contribution in [0.4, 0.5) is 0 Å². The van der Waals surface area contributed by atoms with Crippen LogP contribution in [0.15, 0.2) is 78.2 Å². The van der Waals surface area contributed by atoms with E-state index in [9.17, 15) is 4.79 Å². The molecular weight excluding hydrogens is 378 g/mol. The monoisotopic (exact) mass is 397 g/mol. The van der Waals surface area contributed by atoms with Gasteiger partial charge in [0.1, 0.15) is 11.4 Å². The summed E-state index contributed by atoms with van der Waals surface area (Å²) < 4.78 is 8.93. The number of hydrogen-bond acceptors (Lipinski definition) is 5. The number of aryl methyl sites for hydroxylation is 2. The lowest BCUT2D eigenvalue weighted by molar-refractivity contribution is 0.414. The highest BCUT2D eigenvalue weighted by Crippen LogP contribution is 2.32. The average molecular weight is 397 g/mol. The lowest BCUT2D eigenvalue weighted by Gasteiger charge is -2.11. The number of methoxy groups -OCH3 is 1. The maximum absolute atomic E-state index is 13.3. The van der Waals surface area contributed by atoms with Crippen molar-refractivity contribution in [3.63, 3.8) is 0 Å². The van der Waals surface area contributed by atoms with E-state index in [1.54, 1.807) is 25.7 Å². The van der Waals surface area contributed by atoms with Gasteiger partial charge < -0.3 is 9.14 Å². The third-order valence-electron chi connectivity index (χ3n) is 5.17. The topological polar surface area (TPSA) is 74.3 Å². The molecule has 0 amide bonds. The van der Waals surface area contributed by atoms with Crippen LogP contribution < -0.4 is 10.3 Å². The summed E-state index contributed by atoms with van der Waals surface area (Å²) in [4.78, 5) is 22.1. The van der Waals surface area contributed by atoms with Gasteiger partial charge in [0.05, 0.1) is 37.1 Å². The number of ether oxygens (including phenoxy) is 1. The lowest BCUT2D eigenvalue weighted by atomic mass is 10.0. The van der Waals surface area contributed by atoms with Gasteiger partial charge in [-0.05, 0) is 23.8 Å². The second-order valence-electron chi connectivity index (χ2n) is 6.97. The van der Waals surface area contributed by atoms with Crippen LogP contribution in [0, 0.1) is 0 Å². The average Bonchev–Trinajstić information content (AvgIpc) is 3.21. The molecule has 5 rings (SSSR count). The first-order valence-corrected chi connectivity index (χ1v) is 9.64. The number of fused-ring (bicyclic) bond motifs is 2. The van der Waals surface area contributed by atoms with Crippen LogP contribution in [0.5, 0.6) is 5.75 Å². The number of benzene rings is 1. The Balaban J connectivity index is 1.55. The summed E-state index contributed by atoms with van der Waals surface area (Å²) in [5.41, 5.74) is 3.30. The summed E-state index contributed by atoms with van der Waals surface area (Å²) in [5.74, 6) is 0.623. The Morgan fingerprint density at radius 3 is 2.83 bits per heavy atom. The van der Waals surface area contributed by atoms with E-state index in [4.69, 9.17) is 4.74 Å². The predicted octanol–water partition coefficient (Wildman–Crippen LogP) is 3.36. The SMILES string of the molecule is COc1cnccc1-c1cccc2cnn(CCc3cn4ccccc4n3)c(=O)c12. The first-order valence-electron chi connectivity index (χ1n) is 9.64. The van der Waals surface area contributed by atoms with Crippen LogP contribution in [0.25, 0.3) is 27.5 Å². The summed E-state index contributed by atoms with van der Waals surface area (Å²) in [6.45, 7) is 0.445. The molecule has 7 nitrogen and oxygen atoms in total. The number of imidazole rings is 1. The molecule has 1 aromatic carbocycles. The Morgan fingerprint density at radius 1 is 1.03 bits per heavy atom. The molecule has 0 atom stereocenters. The summed E-state index contributed by atoms with van der Waals surface area (Å²) in [5, 5.41) is 5.79. The molecule has 0 aliphatic rings. The molecule has 0 unspecified atom stereocenters. The van der Waals surface area contributed by atoms with Gasteiger partial charge in [-0.15, -0.1) is 0 Å². The Hall–Kier alpha value is -4.00. The largest absolute Gasteiger partial charge is 0.494 e. The van der Waals surface area contributed by atoms with Crippen molar-refractivity contribution in [1.29, 1.82) is 0 Å². The molecule has 5 aromatic rings. The van der Waals surface area contributed by atoms with Crippen molar-refractivity contribution in [2.24, 2.45) is 0 Å². The zero-order valence-electron chi connectivity index (χ0n) is 16.4. The van der Waals surface area contributed by atoms with Gasteiger partial charge >= 0.3 is 0 Å². The van der Waals surface area contributed by atoms with Crippen molar-refractivity contribution in [2.75, 3.05) is 7.11 Å². The number of nitrogens with zero attached hydrogens (tertiary/aromatic N) is 5. The van der Waals surface area contributed by atoms with Crippen molar-refractivity contribution < 1.29 is 4.74 Å². The van der Waals surface area contributed by atoms with Gasteiger partial charge in [0, 0.05) is 36.0 Å². The van der Waals surface area contributed by atoms with Gasteiger partial charge in [-0.1, -0.05) is 24.3 Å². The molecule has 148 valence electrons. The third kappa shape index (κ3) is 3.10. The predicted molar refractivity (Wildman–Crippen MR) is 115 cm³/mol. The van der Waals surface area contributed by atoms with Crippen LogP contribution >= 0.6 is 0 Å². The van der Waals surface area contributed by atoms with Crippen molar-refractivity contribution in [3.05, 3.63) is 89.5 Å². The standard InChI is InChI=1S/C23H19N5O2/c1-30-20-14-24-10-8-18(20)19-6-4-5-16-13-25-28(23(29)22(16)19)12-9-17-15-27-11-3-2-7-21(27)26-17/h2-8,10-11,13-15H,9,12H2,1H3. The van der Waals surface area contributed by atoms with Gasteiger partial charge in [-0.25, -0.2) is 9.67 Å². The van der Waals surface area contributed by atoms with E-state index < -0.39 is 0 Å². The smallest absolute Gasteiger partial charge is 0.275 e. The van der Waals surface area contributed by atoms with Gasteiger partial charge in [0.2, 0.25) is 0 Å². The molecule has 0 aliphatic heterocycles. The van der Waals surface area contributed by atoms with Crippen LogP contribution in [-0.4, -0.2) is 31.3 Å². The molecular formula is C23H19N5O2. The highest BCUT2D eigenvalue weighted by molar-refractivity contribution is 5.96. The second-order valence-corrected chi connectivity index (χ2v) is 6.97. The summed E-state index contributed by atoms with van der Waals surface area (Å²) in [6, 6.07) is 13.5. The zero-order valence-corrected chi connectivity index (χ0v) is 16.4. The molecule has 30 heavy (non-hydrogen) atoms. The quantitative estimate of drug-likeness (QED) is 0.455. The Kier molecular flexibility index (Phi) is 4.48. The van der Waals surface area contributed by atoms with Gasteiger partial charge in [0.15, 0.2) is 0 Å². The van der Waals surface area contributed by atoms with Gasteiger partial charge in [-0.2, -0.15) is 5.10 Å². The molecule has 0 fully saturated rings. The minimum atomic E-state index is -0.134. The number of rotatable bonds is 5. The molecule has 0 radical (unpaired) electrons. The van der Waals surface area contributed by atoms with E-state index in [2.05, 4.69) is 15.1 Å². The third-order valence-corrected chi connectivity index (χ3v) is 5.17. The van der Waals surface area contributed by atoms with Crippen LogP contribution in [-0.2, 0) is 13.0 Å². The summed E-state index contributed by atoms with van der Waals surface area (Å²) >= 11 is 0. The van der Waals surface area contributed by atoms with Crippen LogP contribution in [0.3, 0.4) is 0 Å². The summed E-state index contributed by atoms with van der Waals surface area (Å²) in [6.07, 6.45) is 9.63. The first-order chi connectivity index (χ1) is 14.7. The van der Waals surface area contributed by atoms with Crippen LogP contribution in [0.1, 0.15) is 5.69 Å². The molecule has 4 heterocycles. The Labute approximate surface area is 172 Å². The van der Waals surface area contributed by atoms with E-state index in [0.717, 1.165) is 27.9 Å². The van der Waals surface area contributed by atoms with E-state index in [1.807, 2.05) is 59.3 Å². The van der Waals surface area contributed by atoms with E-state index >= 15 is 0 Å². The maximum Gasteiger partial charge on any atom is 0.275 e. The van der Waals surface area contributed by atoms with Crippen LogP contribution in [0.2, 0.25) is 0 Å². The number of pyridine rings is 2. The summed E-state index contributed by atoms with van der Waals surface area (Å²) in [7, 11) is 1.60. The Morgan fingerprint density at radius 2 is 1.97 bits per heavy atom. The van der Waals surface area contributed by atoms with E-state index in [-0.39, 0.29) is 5.56 Å². The zero-order chi connectivity index (χ0) is 20.5. The van der Waals surface area contributed by atoms with E-state index in [1.165, 1.54) is 4.68 Å². The fourth-order valence-electron chi connectivity index (χ4n) is 3.71. The minimum absolute atomic E-state index is 0.134. The molecule has 4 aromatic heterocycles. The van der Waals surface area contributed by atoms with Crippen molar-refractivity contribution in [1.82, 2.24) is 24.1 Å². The fourth-order valence-corrected chi connectivity index (χ4v) is 3.71. The fraction of sp³-hybridized carbons (Fsp3) is 0.130.